The van der Waals surface area contributed by atoms with Crippen molar-refractivity contribution in [2.45, 2.75) is 11.4 Å². The van der Waals surface area contributed by atoms with E-state index in [1.165, 1.54) is 12.1 Å². The topological polar surface area (TPSA) is 83.5 Å². The number of sulfone groups is 1. The lowest BCUT2D eigenvalue weighted by Gasteiger charge is -2.09. The van der Waals surface area contributed by atoms with Crippen LogP contribution >= 0.6 is 0 Å². The first-order valence-corrected chi connectivity index (χ1v) is 8.12. The van der Waals surface area contributed by atoms with Crippen LogP contribution in [0.1, 0.15) is 15.9 Å². The number of carboxylic acids is 1. The molecule has 0 atom stereocenters. The molecule has 0 amide bonds. The van der Waals surface area contributed by atoms with Gasteiger partial charge in [-0.25, -0.2) is 13.2 Å². The number of benzene rings is 2. The molecule has 0 aliphatic rings. The fourth-order valence-corrected chi connectivity index (χ4v) is 2.53. The third-order valence-corrected chi connectivity index (χ3v) is 4.14. The normalized spacial score (nSPS) is 11.1. The quantitative estimate of drug-likeness (QED) is 0.886. The van der Waals surface area contributed by atoms with E-state index in [1.54, 1.807) is 36.4 Å². The average Bonchev–Trinajstić information content (AvgIpc) is 2.45. The van der Waals surface area contributed by atoms with Crippen LogP contribution in [0, 0.1) is 0 Å². The minimum Gasteiger partial charge on any atom is -0.478 e. The van der Waals surface area contributed by atoms with Crippen molar-refractivity contribution in [3.63, 3.8) is 0 Å². The molecule has 2 aromatic rings. The SMILES string of the molecule is CS(=O)(=O)c1ccc(NCc2ccccc2C(=O)O)cc1. The Labute approximate surface area is 123 Å². The molecule has 5 nitrogen and oxygen atoms in total. The van der Waals surface area contributed by atoms with Crippen molar-refractivity contribution in [1.29, 1.82) is 0 Å². The Morgan fingerprint density at radius 2 is 1.71 bits per heavy atom. The van der Waals surface area contributed by atoms with Gasteiger partial charge in [0.05, 0.1) is 10.5 Å². The van der Waals surface area contributed by atoms with Crippen LogP contribution in [-0.4, -0.2) is 25.7 Å². The molecule has 0 saturated carbocycles. The second-order valence-electron chi connectivity index (χ2n) is 4.61. The molecule has 0 heterocycles. The molecule has 2 N–H and O–H groups in total. The van der Waals surface area contributed by atoms with Crippen molar-refractivity contribution in [1.82, 2.24) is 0 Å². The van der Waals surface area contributed by atoms with E-state index in [0.717, 1.165) is 11.9 Å². The Morgan fingerprint density at radius 3 is 2.29 bits per heavy atom. The molecule has 21 heavy (non-hydrogen) atoms. The van der Waals surface area contributed by atoms with Crippen LogP contribution in [0.3, 0.4) is 0 Å². The van der Waals surface area contributed by atoms with Gasteiger partial charge in [-0.15, -0.1) is 0 Å². The number of hydrogen-bond donors (Lipinski definition) is 2. The van der Waals surface area contributed by atoms with Gasteiger partial charge in [0.25, 0.3) is 0 Å². The van der Waals surface area contributed by atoms with Gasteiger partial charge in [-0.1, -0.05) is 18.2 Å². The summed E-state index contributed by atoms with van der Waals surface area (Å²) >= 11 is 0. The number of carboxylic acid groups (broad SMARTS) is 1. The Balaban J connectivity index is 2.12. The molecule has 0 spiro atoms. The summed E-state index contributed by atoms with van der Waals surface area (Å²) in [7, 11) is -3.21. The zero-order chi connectivity index (χ0) is 15.5. The van der Waals surface area contributed by atoms with Gasteiger partial charge in [-0.3, -0.25) is 0 Å². The lowest BCUT2D eigenvalue weighted by Crippen LogP contribution is -2.07. The van der Waals surface area contributed by atoms with E-state index in [4.69, 9.17) is 5.11 Å². The number of rotatable bonds is 5. The molecule has 0 unspecified atom stereocenters. The Morgan fingerprint density at radius 1 is 1.10 bits per heavy atom. The van der Waals surface area contributed by atoms with E-state index in [-0.39, 0.29) is 10.5 Å². The first kappa shape index (κ1) is 15.1. The predicted octanol–water partition coefficient (Wildman–Crippen LogP) is 2.40. The van der Waals surface area contributed by atoms with Gasteiger partial charge in [0, 0.05) is 18.5 Å². The summed E-state index contributed by atoms with van der Waals surface area (Å²) < 4.78 is 22.7. The highest BCUT2D eigenvalue weighted by Gasteiger charge is 2.09. The Hall–Kier alpha value is -2.34. The van der Waals surface area contributed by atoms with Crippen LogP contribution < -0.4 is 5.32 Å². The molecular weight excluding hydrogens is 290 g/mol. The molecular formula is C15H15NO4S. The van der Waals surface area contributed by atoms with Crippen molar-refractivity contribution in [2.75, 3.05) is 11.6 Å². The minimum atomic E-state index is -3.21. The summed E-state index contributed by atoms with van der Waals surface area (Å²) in [6.07, 6.45) is 1.15. The van der Waals surface area contributed by atoms with E-state index in [1.807, 2.05) is 0 Å². The molecule has 0 fully saturated rings. The number of carbonyl (C=O) groups is 1. The molecule has 0 aliphatic carbocycles. The maximum atomic E-state index is 11.4. The van der Waals surface area contributed by atoms with E-state index in [0.29, 0.717) is 12.1 Å². The summed E-state index contributed by atoms with van der Waals surface area (Å²) in [5, 5.41) is 12.2. The van der Waals surface area contributed by atoms with Crippen molar-refractivity contribution in [3.05, 3.63) is 59.7 Å². The van der Waals surface area contributed by atoms with Gasteiger partial charge >= 0.3 is 5.97 Å². The number of anilines is 1. The molecule has 6 heteroatoms. The van der Waals surface area contributed by atoms with Crippen LogP contribution in [0.15, 0.2) is 53.4 Å². The zero-order valence-corrected chi connectivity index (χ0v) is 12.2. The number of nitrogens with one attached hydrogen (secondary N) is 1. The first-order chi connectivity index (χ1) is 9.88. The second-order valence-corrected chi connectivity index (χ2v) is 6.63. The third kappa shape index (κ3) is 3.82. The molecule has 0 aromatic heterocycles. The van der Waals surface area contributed by atoms with Crippen molar-refractivity contribution in [2.24, 2.45) is 0 Å². The van der Waals surface area contributed by atoms with E-state index in [2.05, 4.69) is 5.32 Å². The smallest absolute Gasteiger partial charge is 0.336 e. The maximum absolute atomic E-state index is 11.4. The number of hydrogen-bond acceptors (Lipinski definition) is 4. The fraction of sp³-hybridized carbons (Fsp3) is 0.133. The minimum absolute atomic E-state index is 0.248. The Bertz CT molecular complexity index is 751. The van der Waals surface area contributed by atoms with Gasteiger partial charge in [-0.2, -0.15) is 0 Å². The van der Waals surface area contributed by atoms with E-state index >= 15 is 0 Å². The van der Waals surface area contributed by atoms with E-state index < -0.39 is 15.8 Å². The summed E-state index contributed by atoms with van der Waals surface area (Å²) in [5.74, 6) is -0.972. The van der Waals surface area contributed by atoms with Crippen molar-refractivity contribution >= 4 is 21.5 Å². The molecule has 0 saturated heterocycles. The van der Waals surface area contributed by atoms with Crippen molar-refractivity contribution < 1.29 is 18.3 Å². The van der Waals surface area contributed by atoms with Gasteiger partial charge in [-0.05, 0) is 35.9 Å². The third-order valence-electron chi connectivity index (χ3n) is 3.01. The van der Waals surface area contributed by atoms with Crippen LogP contribution in [0.25, 0.3) is 0 Å². The monoisotopic (exact) mass is 305 g/mol. The molecule has 0 bridgehead atoms. The summed E-state index contributed by atoms with van der Waals surface area (Å²) in [4.78, 5) is 11.3. The van der Waals surface area contributed by atoms with Gasteiger partial charge in [0.1, 0.15) is 0 Å². The summed E-state index contributed by atoms with van der Waals surface area (Å²) in [5.41, 5.74) is 1.64. The summed E-state index contributed by atoms with van der Waals surface area (Å²) in [6, 6.07) is 13.1. The molecule has 0 aliphatic heterocycles. The van der Waals surface area contributed by atoms with Gasteiger partial charge in [0.2, 0.25) is 0 Å². The highest BCUT2D eigenvalue weighted by atomic mass is 32.2. The average molecular weight is 305 g/mol. The highest BCUT2D eigenvalue weighted by molar-refractivity contribution is 7.90. The van der Waals surface area contributed by atoms with Crippen LogP contribution in [0.2, 0.25) is 0 Å². The van der Waals surface area contributed by atoms with Crippen LogP contribution in [0.5, 0.6) is 0 Å². The van der Waals surface area contributed by atoms with Crippen molar-refractivity contribution in [3.8, 4) is 0 Å². The molecule has 0 radical (unpaired) electrons. The van der Waals surface area contributed by atoms with Crippen LogP contribution in [-0.2, 0) is 16.4 Å². The summed E-state index contributed by atoms with van der Waals surface area (Å²) in [6.45, 7) is 0.348. The van der Waals surface area contributed by atoms with E-state index in [9.17, 15) is 13.2 Å². The lowest BCUT2D eigenvalue weighted by atomic mass is 10.1. The standard InChI is InChI=1S/C15H15NO4S/c1-21(19,20)13-8-6-12(7-9-13)16-10-11-4-2-3-5-14(11)15(17)18/h2-9,16H,10H2,1H3,(H,17,18). The zero-order valence-electron chi connectivity index (χ0n) is 11.4. The molecule has 110 valence electrons. The molecule has 2 aromatic carbocycles. The fourth-order valence-electron chi connectivity index (χ4n) is 1.90. The largest absolute Gasteiger partial charge is 0.478 e. The lowest BCUT2D eigenvalue weighted by molar-refractivity contribution is 0.0696. The molecule has 2 rings (SSSR count). The van der Waals surface area contributed by atoms with Gasteiger partial charge in [0.15, 0.2) is 9.84 Å². The first-order valence-electron chi connectivity index (χ1n) is 6.23. The predicted molar refractivity (Wildman–Crippen MR) is 80.3 cm³/mol. The maximum Gasteiger partial charge on any atom is 0.336 e. The van der Waals surface area contributed by atoms with Crippen LogP contribution in [0.4, 0.5) is 5.69 Å². The Kier molecular flexibility index (Phi) is 4.28. The highest BCUT2D eigenvalue weighted by Crippen LogP contribution is 2.16. The van der Waals surface area contributed by atoms with Gasteiger partial charge < -0.3 is 10.4 Å². The second kappa shape index (κ2) is 5.97. The number of aromatic carboxylic acids is 1.